The van der Waals surface area contributed by atoms with Gasteiger partial charge in [0.25, 0.3) is 5.56 Å². The Bertz CT molecular complexity index is 1250. The van der Waals surface area contributed by atoms with Crippen molar-refractivity contribution in [3.8, 4) is 0 Å². The van der Waals surface area contributed by atoms with Gasteiger partial charge in [-0.25, -0.2) is 4.98 Å². The second kappa shape index (κ2) is 13.1. The Kier molecular flexibility index (Phi) is 9.62. The molecule has 1 aliphatic heterocycles. The van der Waals surface area contributed by atoms with E-state index in [9.17, 15) is 9.59 Å². The van der Waals surface area contributed by atoms with Crippen LogP contribution in [0.3, 0.4) is 0 Å². The van der Waals surface area contributed by atoms with Crippen molar-refractivity contribution in [1.82, 2.24) is 14.5 Å². The minimum absolute atomic E-state index is 0.0300. The van der Waals surface area contributed by atoms with Gasteiger partial charge in [-0.15, -0.1) is 0 Å². The molecule has 0 bridgehead atoms. The van der Waals surface area contributed by atoms with Crippen LogP contribution in [-0.2, 0) is 24.7 Å². The third kappa shape index (κ3) is 7.57. The van der Waals surface area contributed by atoms with Gasteiger partial charge in [0.1, 0.15) is 0 Å². The summed E-state index contributed by atoms with van der Waals surface area (Å²) in [7, 11) is 1.81. The van der Waals surface area contributed by atoms with Crippen molar-refractivity contribution in [2.75, 3.05) is 18.8 Å². The van der Waals surface area contributed by atoms with Crippen molar-refractivity contribution in [3.63, 3.8) is 0 Å². The van der Waals surface area contributed by atoms with Crippen molar-refractivity contribution in [3.05, 3.63) is 92.9 Å². The van der Waals surface area contributed by atoms with E-state index in [-0.39, 0.29) is 11.5 Å². The number of aryl methyl sites for hydroxylation is 2. The van der Waals surface area contributed by atoms with Crippen molar-refractivity contribution in [1.29, 1.82) is 0 Å². The number of carbonyl (C=O) groups excluding carboxylic acids is 1. The van der Waals surface area contributed by atoms with Crippen LogP contribution in [0, 0.1) is 19.8 Å². The Morgan fingerprint density at radius 2 is 1.73 bits per heavy atom. The first kappa shape index (κ1) is 27.2. The molecule has 1 amide bonds. The van der Waals surface area contributed by atoms with Gasteiger partial charge in [0.2, 0.25) is 5.91 Å². The summed E-state index contributed by atoms with van der Waals surface area (Å²) in [4.78, 5) is 32.5. The Morgan fingerprint density at radius 1 is 1.00 bits per heavy atom. The van der Waals surface area contributed by atoms with Crippen molar-refractivity contribution in [2.45, 2.75) is 63.9 Å². The Balaban J connectivity index is 1.19. The van der Waals surface area contributed by atoms with E-state index < -0.39 is 0 Å². The summed E-state index contributed by atoms with van der Waals surface area (Å²) in [6.45, 7) is 5.75. The van der Waals surface area contributed by atoms with E-state index in [1.165, 1.54) is 11.1 Å². The minimum Gasteiger partial charge on any atom is -0.343 e. The number of rotatable bonds is 10. The zero-order chi connectivity index (χ0) is 26.2. The van der Waals surface area contributed by atoms with Crippen LogP contribution < -0.4 is 5.56 Å². The zero-order valence-electron chi connectivity index (χ0n) is 22.4. The second-order valence-electron chi connectivity index (χ2n) is 10.3. The zero-order valence-corrected chi connectivity index (χ0v) is 23.2. The van der Waals surface area contributed by atoms with E-state index in [0.717, 1.165) is 72.9 Å². The van der Waals surface area contributed by atoms with E-state index in [1.807, 2.05) is 20.0 Å². The minimum atomic E-state index is 0.0300. The maximum absolute atomic E-state index is 13.0. The highest BCUT2D eigenvalue weighted by atomic mass is 32.2. The van der Waals surface area contributed by atoms with Crippen LogP contribution in [0.4, 0.5) is 0 Å². The summed E-state index contributed by atoms with van der Waals surface area (Å²) < 4.78 is 1.67. The van der Waals surface area contributed by atoms with Crippen LogP contribution in [0.25, 0.3) is 0 Å². The molecular formula is C31H39N3O2S. The first-order chi connectivity index (χ1) is 17.9. The van der Waals surface area contributed by atoms with Gasteiger partial charge in [0.05, 0.1) is 0 Å². The quantitative estimate of drug-likeness (QED) is 0.196. The van der Waals surface area contributed by atoms with Gasteiger partial charge < -0.3 is 4.90 Å². The largest absolute Gasteiger partial charge is 0.343 e. The maximum atomic E-state index is 13.0. The summed E-state index contributed by atoms with van der Waals surface area (Å²) in [6.07, 6.45) is 6.30. The molecule has 0 spiro atoms. The number of carbonyl (C=O) groups is 1. The topological polar surface area (TPSA) is 55.2 Å². The molecule has 0 N–H and O–H groups in total. The molecule has 0 radical (unpaired) electrons. The van der Waals surface area contributed by atoms with E-state index in [1.54, 1.807) is 16.3 Å². The number of piperidine rings is 1. The lowest BCUT2D eigenvalue weighted by atomic mass is 9.90. The average Bonchev–Trinajstić information content (AvgIpc) is 2.90. The Morgan fingerprint density at radius 3 is 2.46 bits per heavy atom. The molecule has 4 rings (SSSR count). The van der Waals surface area contributed by atoms with Crippen LogP contribution in [0.5, 0.6) is 0 Å². The number of likely N-dealkylation sites (tertiary alicyclic amines) is 1. The monoisotopic (exact) mass is 517 g/mol. The summed E-state index contributed by atoms with van der Waals surface area (Å²) in [5.74, 6) is 1.81. The highest BCUT2D eigenvalue weighted by Gasteiger charge is 2.22. The van der Waals surface area contributed by atoms with Crippen LogP contribution in [0.1, 0.15) is 60.1 Å². The number of amides is 1. The van der Waals surface area contributed by atoms with Crippen LogP contribution >= 0.6 is 11.8 Å². The molecule has 3 aromatic rings. The summed E-state index contributed by atoms with van der Waals surface area (Å²) in [5, 5.41) is 0.752. The summed E-state index contributed by atoms with van der Waals surface area (Å²) in [6, 6.07) is 18.9. The first-order valence-corrected chi connectivity index (χ1v) is 14.5. The molecule has 0 atom stereocenters. The fourth-order valence-corrected chi connectivity index (χ4v) is 6.13. The van der Waals surface area contributed by atoms with Crippen LogP contribution in [-0.4, -0.2) is 39.2 Å². The normalized spacial score (nSPS) is 14.2. The van der Waals surface area contributed by atoms with Gasteiger partial charge in [-0.2, -0.15) is 0 Å². The standard InChI is InChI=1S/C31H39N3O2S/c1-23-10-9-13-27(20-23)22-28-24(2)32-31(33(3)30(28)36)37-19-8-7-14-29(35)34-17-15-26(16-18-34)21-25-11-5-4-6-12-25/h4-6,9-13,20,26H,7-8,14-19,21-22H2,1-3H3. The van der Waals surface area contributed by atoms with E-state index >= 15 is 0 Å². The molecule has 0 aliphatic carbocycles. The second-order valence-corrected chi connectivity index (χ2v) is 11.4. The summed E-state index contributed by atoms with van der Waals surface area (Å²) in [5.41, 5.74) is 5.31. The lowest BCUT2D eigenvalue weighted by Gasteiger charge is -2.32. The van der Waals surface area contributed by atoms with Crippen LogP contribution in [0.15, 0.2) is 64.5 Å². The molecule has 1 aromatic heterocycles. The van der Waals surface area contributed by atoms with Gasteiger partial charge in [-0.05, 0) is 63.0 Å². The van der Waals surface area contributed by atoms with Gasteiger partial charge >= 0.3 is 0 Å². The number of nitrogens with zero attached hydrogens (tertiary/aromatic N) is 3. The molecule has 0 saturated carbocycles. The lowest BCUT2D eigenvalue weighted by Crippen LogP contribution is -2.38. The molecule has 5 nitrogen and oxygen atoms in total. The SMILES string of the molecule is Cc1cccc(Cc2c(C)nc(SCCCCC(=O)N3CCC(Cc4ccccc4)CC3)n(C)c2=O)c1. The van der Waals surface area contributed by atoms with Crippen molar-refractivity contribution < 1.29 is 4.79 Å². The molecule has 1 aliphatic rings. The average molecular weight is 518 g/mol. The summed E-state index contributed by atoms with van der Waals surface area (Å²) >= 11 is 1.61. The Hall–Kier alpha value is -2.86. The van der Waals surface area contributed by atoms with Crippen LogP contribution in [0.2, 0.25) is 0 Å². The Labute approximate surface area is 225 Å². The third-order valence-corrected chi connectivity index (χ3v) is 8.48. The smallest absolute Gasteiger partial charge is 0.257 e. The predicted molar refractivity (Wildman–Crippen MR) is 152 cm³/mol. The molecule has 2 aromatic carbocycles. The number of hydrogen-bond donors (Lipinski definition) is 0. The number of unbranched alkanes of at least 4 members (excludes halogenated alkanes) is 1. The molecule has 37 heavy (non-hydrogen) atoms. The molecule has 1 fully saturated rings. The maximum Gasteiger partial charge on any atom is 0.257 e. The van der Waals surface area contributed by atoms with E-state index in [2.05, 4.69) is 60.4 Å². The fourth-order valence-electron chi connectivity index (χ4n) is 5.12. The van der Waals surface area contributed by atoms with E-state index in [4.69, 9.17) is 4.98 Å². The van der Waals surface area contributed by atoms with E-state index in [0.29, 0.717) is 18.8 Å². The van der Waals surface area contributed by atoms with Crippen molar-refractivity contribution >= 4 is 17.7 Å². The van der Waals surface area contributed by atoms with Gasteiger partial charge in [-0.1, -0.05) is 71.9 Å². The molecule has 196 valence electrons. The lowest BCUT2D eigenvalue weighted by molar-refractivity contribution is -0.132. The molecule has 0 unspecified atom stereocenters. The number of aromatic nitrogens is 2. The predicted octanol–water partition coefficient (Wildman–Crippen LogP) is 5.73. The highest BCUT2D eigenvalue weighted by molar-refractivity contribution is 7.99. The highest BCUT2D eigenvalue weighted by Crippen LogP contribution is 2.23. The van der Waals surface area contributed by atoms with Gasteiger partial charge in [0.15, 0.2) is 5.16 Å². The molecule has 1 saturated heterocycles. The number of benzene rings is 2. The number of thioether (sulfide) groups is 1. The number of hydrogen-bond acceptors (Lipinski definition) is 4. The molecule has 6 heteroatoms. The van der Waals surface area contributed by atoms with Gasteiger partial charge in [-0.3, -0.25) is 14.2 Å². The first-order valence-electron chi connectivity index (χ1n) is 13.5. The third-order valence-electron chi connectivity index (χ3n) is 7.36. The van der Waals surface area contributed by atoms with Crippen molar-refractivity contribution in [2.24, 2.45) is 13.0 Å². The molecule has 2 heterocycles. The molecular weight excluding hydrogens is 478 g/mol. The van der Waals surface area contributed by atoms with Gasteiger partial charge in [0, 0.05) is 50.0 Å². The fraction of sp³-hybridized carbons (Fsp3) is 0.452.